The number of aromatic carboxylic acids is 1. The highest BCUT2D eigenvalue weighted by Gasteiger charge is 2.30. The van der Waals surface area contributed by atoms with Crippen molar-refractivity contribution in [1.82, 2.24) is 14.8 Å². The number of benzene rings is 1. The first kappa shape index (κ1) is 21.3. The standard InChI is InChI=1S/C25H32N4O2/c1-25(2,3)22-21-19(16-11-13-17(14-12-16)28(4)5)15-20(24(30)31)26-23(21)29(27-22)18-9-7-6-8-10-18/h11-15,18H,6-10H2,1-5H3,(H,30,31). The Hall–Kier alpha value is -2.89. The number of rotatable bonds is 4. The number of nitrogens with zero attached hydrogens (tertiary/aromatic N) is 4. The van der Waals surface area contributed by atoms with Gasteiger partial charge in [-0.1, -0.05) is 52.2 Å². The van der Waals surface area contributed by atoms with Crippen LogP contribution in [0.4, 0.5) is 5.69 Å². The third-order valence-corrected chi connectivity index (χ3v) is 6.21. The molecule has 164 valence electrons. The van der Waals surface area contributed by atoms with E-state index in [9.17, 15) is 9.90 Å². The summed E-state index contributed by atoms with van der Waals surface area (Å²) < 4.78 is 2.03. The molecule has 2 aromatic heterocycles. The summed E-state index contributed by atoms with van der Waals surface area (Å²) in [6, 6.07) is 10.2. The number of fused-ring (bicyclic) bond motifs is 1. The number of pyridine rings is 1. The Morgan fingerprint density at radius 2 is 1.74 bits per heavy atom. The lowest BCUT2D eigenvalue weighted by atomic mass is 9.87. The summed E-state index contributed by atoms with van der Waals surface area (Å²) in [5.74, 6) is -1.01. The third-order valence-electron chi connectivity index (χ3n) is 6.21. The van der Waals surface area contributed by atoms with E-state index in [-0.39, 0.29) is 17.2 Å². The topological polar surface area (TPSA) is 71.2 Å². The molecule has 3 aromatic rings. The molecule has 0 amide bonds. The normalized spacial score (nSPS) is 15.4. The van der Waals surface area contributed by atoms with Gasteiger partial charge >= 0.3 is 5.97 Å². The zero-order valence-electron chi connectivity index (χ0n) is 19.1. The molecule has 1 saturated carbocycles. The van der Waals surface area contributed by atoms with Gasteiger partial charge in [0.2, 0.25) is 0 Å². The van der Waals surface area contributed by atoms with Crippen molar-refractivity contribution in [2.75, 3.05) is 19.0 Å². The number of hydrogen-bond acceptors (Lipinski definition) is 4. The van der Waals surface area contributed by atoms with Crippen molar-refractivity contribution in [1.29, 1.82) is 0 Å². The quantitative estimate of drug-likeness (QED) is 0.589. The van der Waals surface area contributed by atoms with Crippen LogP contribution in [0.1, 0.15) is 75.1 Å². The number of anilines is 1. The van der Waals surface area contributed by atoms with Crippen molar-refractivity contribution in [3.63, 3.8) is 0 Å². The molecule has 0 radical (unpaired) electrons. The van der Waals surface area contributed by atoms with E-state index in [1.165, 1.54) is 19.3 Å². The molecule has 1 N–H and O–H groups in total. The lowest BCUT2D eigenvalue weighted by Gasteiger charge is -2.22. The molecule has 31 heavy (non-hydrogen) atoms. The Kier molecular flexibility index (Phi) is 5.50. The van der Waals surface area contributed by atoms with Crippen LogP contribution in [0.3, 0.4) is 0 Å². The van der Waals surface area contributed by atoms with Crippen molar-refractivity contribution < 1.29 is 9.90 Å². The smallest absolute Gasteiger partial charge is 0.354 e. The van der Waals surface area contributed by atoms with Gasteiger partial charge in [-0.15, -0.1) is 0 Å². The summed E-state index contributed by atoms with van der Waals surface area (Å²) >= 11 is 0. The maximum atomic E-state index is 12.0. The summed E-state index contributed by atoms with van der Waals surface area (Å²) in [6.45, 7) is 6.47. The summed E-state index contributed by atoms with van der Waals surface area (Å²) in [6.07, 6.45) is 5.72. The maximum absolute atomic E-state index is 12.0. The molecule has 1 aliphatic rings. The average molecular weight is 421 g/mol. The zero-order valence-corrected chi connectivity index (χ0v) is 19.1. The summed E-state index contributed by atoms with van der Waals surface area (Å²) in [5.41, 5.74) is 4.52. The molecule has 2 heterocycles. The highest BCUT2D eigenvalue weighted by molar-refractivity contribution is 6.00. The van der Waals surface area contributed by atoms with E-state index in [1.807, 2.05) is 18.8 Å². The molecule has 6 heteroatoms. The molecule has 1 fully saturated rings. The van der Waals surface area contributed by atoms with Crippen LogP contribution in [-0.4, -0.2) is 39.9 Å². The van der Waals surface area contributed by atoms with Gasteiger partial charge in [-0.25, -0.2) is 14.5 Å². The van der Waals surface area contributed by atoms with Crippen LogP contribution in [0.15, 0.2) is 30.3 Å². The van der Waals surface area contributed by atoms with Crippen molar-refractivity contribution in [2.45, 2.75) is 64.3 Å². The first-order chi connectivity index (χ1) is 14.7. The second-order valence-corrected chi connectivity index (χ2v) is 9.84. The minimum Gasteiger partial charge on any atom is -0.477 e. The lowest BCUT2D eigenvalue weighted by Crippen LogP contribution is -2.17. The molecular weight excluding hydrogens is 388 g/mol. The Labute approximate surface area is 183 Å². The van der Waals surface area contributed by atoms with Gasteiger partial charge < -0.3 is 10.0 Å². The first-order valence-corrected chi connectivity index (χ1v) is 11.1. The number of carboxylic acid groups (broad SMARTS) is 1. The van der Waals surface area contributed by atoms with Gasteiger partial charge in [-0.3, -0.25) is 0 Å². The molecule has 0 atom stereocenters. The predicted molar refractivity (Wildman–Crippen MR) is 125 cm³/mol. The van der Waals surface area contributed by atoms with E-state index in [2.05, 4.69) is 54.9 Å². The van der Waals surface area contributed by atoms with Crippen molar-refractivity contribution in [2.24, 2.45) is 0 Å². The van der Waals surface area contributed by atoms with E-state index in [0.29, 0.717) is 5.65 Å². The Morgan fingerprint density at radius 3 is 2.29 bits per heavy atom. The van der Waals surface area contributed by atoms with Crippen molar-refractivity contribution in [3.05, 3.63) is 41.7 Å². The van der Waals surface area contributed by atoms with Gasteiger partial charge in [0.25, 0.3) is 0 Å². The average Bonchev–Trinajstić information content (AvgIpc) is 3.14. The van der Waals surface area contributed by atoms with E-state index in [1.54, 1.807) is 6.07 Å². The molecule has 1 aliphatic carbocycles. The van der Waals surface area contributed by atoms with Crippen LogP contribution in [0.2, 0.25) is 0 Å². The second-order valence-electron chi connectivity index (χ2n) is 9.84. The van der Waals surface area contributed by atoms with Gasteiger partial charge in [-0.2, -0.15) is 5.10 Å². The van der Waals surface area contributed by atoms with Gasteiger partial charge in [0.05, 0.1) is 17.1 Å². The highest BCUT2D eigenvalue weighted by Crippen LogP contribution is 2.39. The molecular formula is C25H32N4O2. The molecule has 0 saturated heterocycles. The number of aromatic nitrogens is 3. The molecule has 0 unspecified atom stereocenters. The van der Waals surface area contributed by atoms with Gasteiger partial charge in [0.1, 0.15) is 0 Å². The Balaban J connectivity index is 2.01. The Bertz CT molecular complexity index is 1100. The predicted octanol–water partition coefficient (Wildman–Crippen LogP) is 5.67. The molecule has 0 bridgehead atoms. The minimum atomic E-state index is -1.01. The van der Waals surface area contributed by atoms with Crippen molar-refractivity contribution >= 4 is 22.7 Å². The van der Waals surface area contributed by atoms with Crippen LogP contribution in [0, 0.1) is 0 Å². The van der Waals surface area contributed by atoms with Crippen LogP contribution in [0.5, 0.6) is 0 Å². The first-order valence-electron chi connectivity index (χ1n) is 11.1. The van der Waals surface area contributed by atoms with Crippen molar-refractivity contribution in [3.8, 4) is 11.1 Å². The summed E-state index contributed by atoms with van der Waals surface area (Å²) in [5, 5.41) is 15.8. The summed E-state index contributed by atoms with van der Waals surface area (Å²) in [7, 11) is 4.02. The van der Waals surface area contributed by atoms with E-state index >= 15 is 0 Å². The van der Waals surface area contributed by atoms with E-state index in [0.717, 1.165) is 40.7 Å². The fourth-order valence-corrected chi connectivity index (χ4v) is 4.52. The minimum absolute atomic E-state index is 0.0663. The molecule has 6 nitrogen and oxygen atoms in total. The van der Waals surface area contributed by atoms with Gasteiger partial charge in [0.15, 0.2) is 11.3 Å². The van der Waals surface area contributed by atoms with Crippen LogP contribution < -0.4 is 4.90 Å². The molecule has 0 spiro atoms. The zero-order chi connectivity index (χ0) is 22.3. The lowest BCUT2D eigenvalue weighted by molar-refractivity contribution is 0.0691. The highest BCUT2D eigenvalue weighted by atomic mass is 16.4. The molecule has 0 aliphatic heterocycles. The monoisotopic (exact) mass is 420 g/mol. The maximum Gasteiger partial charge on any atom is 0.354 e. The number of hydrogen-bond donors (Lipinski definition) is 1. The van der Waals surface area contributed by atoms with Crippen LogP contribution >= 0.6 is 0 Å². The SMILES string of the molecule is CN(C)c1ccc(-c2cc(C(=O)O)nc3c2c(C(C)(C)C)nn3C2CCCCC2)cc1. The van der Waals surface area contributed by atoms with Gasteiger partial charge in [0, 0.05) is 25.2 Å². The van der Waals surface area contributed by atoms with E-state index < -0.39 is 5.97 Å². The van der Waals surface area contributed by atoms with Crippen LogP contribution in [0.25, 0.3) is 22.2 Å². The second kappa shape index (κ2) is 7.98. The number of carbonyl (C=O) groups is 1. The fraction of sp³-hybridized carbons (Fsp3) is 0.480. The van der Waals surface area contributed by atoms with Crippen LogP contribution in [-0.2, 0) is 5.41 Å². The third kappa shape index (κ3) is 4.03. The Morgan fingerprint density at radius 1 is 1.10 bits per heavy atom. The molecule has 4 rings (SSSR count). The summed E-state index contributed by atoms with van der Waals surface area (Å²) in [4.78, 5) is 18.6. The largest absolute Gasteiger partial charge is 0.477 e. The molecule has 1 aromatic carbocycles. The van der Waals surface area contributed by atoms with E-state index in [4.69, 9.17) is 5.10 Å². The number of carboxylic acids is 1. The van der Waals surface area contributed by atoms with Gasteiger partial charge in [-0.05, 0) is 42.2 Å². The fourth-order valence-electron chi connectivity index (χ4n) is 4.52.